The number of nitrogens with zero attached hydrogens (tertiary/aromatic N) is 1. The minimum atomic E-state index is 1.08. The van der Waals surface area contributed by atoms with Crippen LogP contribution in [0.2, 0.25) is 0 Å². The van der Waals surface area contributed by atoms with Crippen molar-refractivity contribution in [3.8, 4) is 0 Å². The highest BCUT2D eigenvalue weighted by atomic mass is 79.9. The van der Waals surface area contributed by atoms with E-state index in [1.54, 1.807) is 0 Å². The van der Waals surface area contributed by atoms with Gasteiger partial charge in [0, 0.05) is 17.2 Å². The Kier molecular flexibility index (Phi) is 7.75. The molecule has 0 unspecified atom stereocenters. The molecule has 0 N–H and O–H groups in total. The van der Waals surface area contributed by atoms with Gasteiger partial charge < -0.3 is 4.90 Å². The summed E-state index contributed by atoms with van der Waals surface area (Å²) >= 11 is 6.78. The molecule has 0 aromatic carbocycles. The molecule has 0 saturated heterocycles. The van der Waals surface area contributed by atoms with E-state index in [4.69, 9.17) is 0 Å². The van der Waals surface area contributed by atoms with Crippen LogP contribution in [0.15, 0.2) is 0 Å². The quantitative estimate of drug-likeness (QED) is 0.683. The van der Waals surface area contributed by atoms with E-state index >= 15 is 0 Å². The van der Waals surface area contributed by atoms with Gasteiger partial charge >= 0.3 is 0 Å². The van der Waals surface area contributed by atoms with E-state index < -0.39 is 0 Å². The Morgan fingerprint density at radius 1 is 1.11 bits per heavy atom. The normalized spacial score (nSPS) is 10.7. The maximum atomic E-state index is 3.39. The van der Waals surface area contributed by atoms with Crippen molar-refractivity contribution in [1.82, 2.24) is 4.90 Å². The van der Waals surface area contributed by atoms with E-state index in [9.17, 15) is 0 Å². The third-order valence-electron chi connectivity index (χ3n) is 1.14. The van der Waals surface area contributed by atoms with Gasteiger partial charge in [0.05, 0.1) is 0 Å². The number of halogens is 2. The highest BCUT2D eigenvalue weighted by Crippen LogP contribution is 1.92. The average molecular weight is 259 g/mol. The van der Waals surface area contributed by atoms with E-state index in [1.165, 1.54) is 13.0 Å². The second kappa shape index (κ2) is 7.03. The third kappa shape index (κ3) is 6.81. The molecule has 0 bridgehead atoms. The fourth-order valence-electron chi connectivity index (χ4n) is 0.586. The van der Waals surface area contributed by atoms with Gasteiger partial charge in [0.25, 0.3) is 0 Å². The number of hydrogen-bond acceptors (Lipinski definition) is 1. The summed E-state index contributed by atoms with van der Waals surface area (Å²) in [5.41, 5.74) is 0. The van der Waals surface area contributed by atoms with Crippen LogP contribution in [-0.4, -0.2) is 35.7 Å². The Labute approximate surface area is 74.1 Å². The smallest absolute Gasteiger partial charge is 0.0159 e. The monoisotopic (exact) mass is 257 g/mol. The summed E-state index contributed by atoms with van der Waals surface area (Å²) in [5.74, 6) is 0. The molecule has 9 heavy (non-hydrogen) atoms. The SMILES string of the molecule is CN(CCBr)CCCBr. The van der Waals surface area contributed by atoms with E-state index in [-0.39, 0.29) is 0 Å². The van der Waals surface area contributed by atoms with Crippen LogP contribution in [-0.2, 0) is 0 Å². The van der Waals surface area contributed by atoms with E-state index in [2.05, 4.69) is 43.8 Å². The summed E-state index contributed by atoms with van der Waals surface area (Å²) < 4.78 is 0. The molecule has 0 aromatic heterocycles. The maximum absolute atomic E-state index is 3.39. The fraction of sp³-hybridized carbons (Fsp3) is 1.00. The minimum Gasteiger partial charge on any atom is -0.306 e. The van der Waals surface area contributed by atoms with Crippen molar-refractivity contribution in [1.29, 1.82) is 0 Å². The molecule has 0 aromatic rings. The summed E-state index contributed by atoms with van der Waals surface area (Å²) in [6.07, 6.45) is 1.24. The Hall–Kier alpha value is 0.920. The average Bonchev–Trinajstić information content (AvgIpc) is 1.85. The predicted octanol–water partition coefficient (Wildman–Crippen LogP) is 2.10. The summed E-state index contributed by atoms with van der Waals surface area (Å²) in [6.45, 7) is 2.34. The second-order valence-electron chi connectivity index (χ2n) is 2.03. The predicted molar refractivity (Wildman–Crippen MR) is 49.7 cm³/mol. The van der Waals surface area contributed by atoms with Gasteiger partial charge in [0.1, 0.15) is 0 Å². The van der Waals surface area contributed by atoms with E-state index in [0.29, 0.717) is 0 Å². The zero-order valence-electron chi connectivity index (χ0n) is 5.74. The molecule has 0 fully saturated rings. The molecule has 0 rings (SSSR count). The first kappa shape index (κ1) is 9.92. The molecule has 0 aliphatic rings. The molecule has 1 nitrogen and oxygen atoms in total. The topological polar surface area (TPSA) is 3.24 Å². The molecule has 0 amide bonds. The zero-order chi connectivity index (χ0) is 7.11. The molecule has 56 valence electrons. The number of alkyl halides is 2. The highest BCUT2D eigenvalue weighted by Gasteiger charge is 1.93. The lowest BCUT2D eigenvalue weighted by Crippen LogP contribution is -2.21. The largest absolute Gasteiger partial charge is 0.306 e. The van der Waals surface area contributed by atoms with Crippen molar-refractivity contribution in [2.24, 2.45) is 0 Å². The zero-order valence-corrected chi connectivity index (χ0v) is 8.91. The Bertz CT molecular complexity index is 59.0. The van der Waals surface area contributed by atoms with Gasteiger partial charge in [-0.1, -0.05) is 31.9 Å². The summed E-state index contributed by atoms with van der Waals surface area (Å²) in [4.78, 5) is 2.32. The van der Waals surface area contributed by atoms with Crippen molar-refractivity contribution < 1.29 is 0 Å². The van der Waals surface area contributed by atoms with Crippen molar-refractivity contribution in [3.63, 3.8) is 0 Å². The molecule has 0 aliphatic carbocycles. The molecule has 0 atom stereocenters. The van der Waals surface area contributed by atoms with Crippen LogP contribution in [0.5, 0.6) is 0 Å². The van der Waals surface area contributed by atoms with E-state index in [1.807, 2.05) is 0 Å². The van der Waals surface area contributed by atoms with Gasteiger partial charge in [0.2, 0.25) is 0 Å². The lowest BCUT2D eigenvalue weighted by atomic mass is 10.4. The first-order valence-corrected chi connectivity index (χ1v) is 5.36. The van der Waals surface area contributed by atoms with Crippen molar-refractivity contribution >= 4 is 31.9 Å². The van der Waals surface area contributed by atoms with Gasteiger partial charge in [-0.05, 0) is 20.0 Å². The van der Waals surface area contributed by atoms with Crippen LogP contribution in [0, 0.1) is 0 Å². The molecule has 3 heteroatoms. The van der Waals surface area contributed by atoms with Gasteiger partial charge in [0.15, 0.2) is 0 Å². The van der Waals surface area contributed by atoms with Crippen LogP contribution < -0.4 is 0 Å². The maximum Gasteiger partial charge on any atom is 0.0159 e. The Morgan fingerprint density at radius 3 is 2.22 bits per heavy atom. The van der Waals surface area contributed by atoms with Crippen molar-refractivity contribution in [3.05, 3.63) is 0 Å². The number of rotatable bonds is 5. The Morgan fingerprint density at radius 2 is 1.78 bits per heavy atom. The molecular formula is C6H13Br2N. The highest BCUT2D eigenvalue weighted by molar-refractivity contribution is 9.09. The summed E-state index contributed by atoms with van der Waals surface area (Å²) in [6, 6.07) is 0. The first-order valence-electron chi connectivity index (χ1n) is 3.11. The fourth-order valence-corrected chi connectivity index (χ4v) is 1.44. The standard InChI is InChI=1S/C6H13Br2N/c1-9(6-4-8)5-2-3-7/h2-6H2,1H3. The minimum absolute atomic E-state index is 1.08. The molecule has 0 saturated carbocycles. The van der Waals surface area contributed by atoms with Crippen LogP contribution >= 0.6 is 31.9 Å². The molecule has 0 radical (unpaired) electrons. The molecule has 0 aliphatic heterocycles. The molecule has 0 heterocycles. The Balaban J connectivity index is 2.95. The van der Waals surface area contributed by atoms with Crippen LogP contribution in [0.25, 0.3) is 0 Å². The first-order chi connectivity index (χ1) is 4.31. The van der Waals surface area contributed by atoms with Gasteiger partial charge in [-0.25, -0.2) is 0 Å². The second-order valence-corrected chi connectivity index (χ2v) is 3.62. The van der Waals surface area contributed by atoms with Crippen molar-refractivity contribution in [2.75, 3.05) is 30.8 Å². The lowest BCUT2D eigenvalue weighted by molar-refractivity contribution is 0.359. The van der Waals surface area contributed by atoms with Gasteiger partial charge in [-0.15, -0.1) is 0 Å². The van der Waals surface area contributed by atoms with Gasteiger partial charge in [-0.2, -0.15) is 0 Å². The van der Waals surface area contributed by atoms with Crippen molar-refractivity contribution in [2.45, 2.75) is 6.42 Å². The van der Waals surface area contributed by atoms with Crippen LogP contribution in [0.1, 0.15) is 6.42 Å². The van der Waals surface area contributed by atoms with Crippen LogP contribution in [0.3, 0.4) is 0 Å². The third-order valence-corrected chi connectivity index (χ3v) is 2.06. The number of hydrogen-bond donors (Lipinski definition) is 0. The molecular weight excluding hydrogens is 246 g/mol. The lowest BCUT2D eigenvalue weighted by Gasteiger charge is -2.12. The summed E-state index contributed by atoms with van der Waals surface area (Å²) in [5, 5.41) is 2.19. The van der Waals surface area contributed by atoms with E-state index in [0.717, 1.165) is 17.2 Å². The van der Waals surface area contributed by atoms with Crippen LogP contribution in [0.4, 0.5) is 0 Å². The summed E-state index contributed by atoms with van der Waals surface area (Å²) in [7, 11) is 2.14. The molecule has 0 spiro atoms. The van der Waals surface area contributed by atoms with Gasteiger partial charge in [-0.3, -0.25) is 0 Å².